The number of aromatic nitrogens is 3. The van der Waals surface area contributed by atoms with Crippen molar-refractivity contribution in [3.8, 4) is 17.1 Å². The number of aryl methyl sites for hydroxylation is 2. The fourth-order valence-corrected chi connectivity index (χ4v) is 4.02. The number of para-hydroxylation sites is 1. The van der Waals surface area contributed by atoms with Crippen molar-refractivity contribution in [1.82, 2.24) is 14.8 Å². The minimum absolute atomic E-state index is 0.264. The van der Waals surface area contributed by atoms with Crippen LogP contribution in [-0.2, 0) is 5.75 Å². The molecule has 28 heavy (non-hydrogen) atoms. The third kappa shape index (κ3) is 3.85. The van der Waals surface area contributed by atoms with Crippen LogP contribution in [0.15, 0.2) is 78.0 Å². The Labute approximate surface area is 168 Å². The van der Waals surface area contributed by atoms with Gasteiger partial charge in [0.05, 0.1) is 5.69 Å². The smallest absolute Gasteiger partial charge is 0.196 e. The summed E-state index contributed by atoms with van der Waals surface area (Å²) in [5.74, 6) is 1.25. The lowest BCUT2D eigenvalue weighted by atomic mass is 10.1. The highest BCUT2D eigenvalue weighted by Crippen LogP contribution is 2.31. The molecule has 0 amide bonds. The average Bonchev–Trinajstić information content (AvgIpc) is 3.11. The third-order valence-corrected chi connectivity index (χ3v) is 5.54. The van der Waals surface area contributed by atoms with Gasteiger partial charge in [-0.25, -0.2) is 4.39 Å². The first-order chi connectivity index (χ1) is 13.6. The number of hydrogen-bond donors (Lipinski definition) is 0. The molecular formula is C23H20FN3S. The molecule has 0 atom stereocenters. The van der Waals surface area contributed by atoms with Gasteiger partial charge >= 0.3 is 0 Å². The van der Waals surface area contributed by atoms with Gasteiger partial charge in [-0.1, -0.05) is 59.8 Å². The molecule has 0 aliphatic carbocycles. The molecule has 0 saturated carbocycles. The van der Waals surface area contributed by atoms with E-state index >= 15 is 0 Å². The summed E-state index contributed by atoms with van der Waals surface area (Å²) in [7, 11) is 0. The Morgan fingerprint density at radius 3 is 2.43 bits per heavy atom. The zero-order valence-electron chi connectivity index (χ0n) is 15.8. The maximum Gasteiger partial charge on any atom is 0.196 e. The van der Waals surface area contributed by atoms with Crippen molar-refractivity contribution in [2.24, 2.45) is 0 Å². The number of thioether (sulfide) groups is 1. The zero-order chi connectivity index (χ0) is 19.5. The second kappa shape index (κ2) is 7.98. The van der Waals surface area contributed by atoms with Gasteiger partial charge in [-0.2, -0.15) is 0 Å². The Hall–Kier alpha value is -2.92. The second-order valence-electron chi connectivity index (χ2n) is 6.71. The summed E-state index contributed by atoms with van der Waals surface area (Å²) in [6.45, 7) is 4.16. The van der Waals surface area contributed by atoms with E-state index in [1.165, 1.54) is 23.3 Å². The second-order valence-corrected chi connectivity index (χ2v) is 7.66. The lowest BCUT2D eigenvalue weighted by Crippen LogP contribution is -2.02. The Kier molecular flexibility index (Phi) is 5.26. The number of hydrogen-bond acceptors (Lipinski definition) is 3. The molecule has 0 spiro atoms. The van der Waals surface area contributed by atoms with E-state index in [4.69, 9.17) is 0 Å². The van der Waals surface area contributed by atoms with Crippen LogP contribution in [0.1, 0.15) is 16.7 Å². The number of benzene rings is 3. The predicted octanol–water partition coefficient (Wildman–Crippen LogP) is 5.98. The summed E-state index contributed by atoms with van der Waals surface area (Å²) in [6.07, 6.45) is 0. The van der Waals surface area contributed by atoms with Crippen molar-refractivity contribution in [3.63, 3.8) is 0 Å². The molecule has 0 saturated heterocycles. The highest BCUT2D eigenvalue weighted by molar-refractivity contribution is 7.98. The standard InChI is InChI=1S/C23H20FN3S/c1-16-6-5-8-18(14-16)15-28-23-26-25-22(19-10-12-20(24)13-11-19)27(23)21-9-4-3-7-17(21)2/h3-14H,15H2,1-2H3. The monoisotopic (exact) mass is 389 g/mol. The molecular weight excluding hydrogens is 369 g/mol. The van der Waals surface area contributed by atoms with Gasteiger partial charge in [0, 0.05) is 11.3 Å². The quantitative estimate of drug-likeness (QED) is 0.393. The highest BCUT2D eigenvalue weighted by atomic mass is 32.2. The lowest BCUT2D eigenvalue weighted by molar-refractivity contribution is 0.628. The van der Waals surface area contributed by atoms with Gasteiger partial charge < -0.3 is 0 Å². The van der Waals surface area contributed by atoms with Crippen LogP contribution in [0.3, 0.4) is 0 Å². The van der Waals surface area contributed by atoms with Crippen molar-refractivity contribution >= 4 is 11.8 Å². The maximum absolute atomic E-state index is 13.4. The minimum atomic E-state index is -0.264. The van der Waals surface area contributed by atoms with E-state index in [2.05, 4.69) is 65.0 Å². The molecule has 0 bridgehead atoms. The van der Waals surface area contributed by atoms with Gasteiger partial charge in [0.2, 0.25) is 0 Å². The molecule has 0 unspecified atom stereocenters. The summed E-state index contributed by atoms with van der Waals surface area (Å²) < 4.78 is 15.4. The molecule has 5 heteroatoms. The molecule has 140 valence electrons. The van der Waals surface area contributed by atoms with E-state index in [0.717, 1.165) is 27.7 Å². The van der Waals surface area contributed by atoms with E-state index in [1.54, 1.807) is 23.9 Å². The predicted molar refractivity (Wildman–Crippen MR) is 112 cm³/mol. The van der Waals surface area contributed by atoms with E-state index in [1.807, 2.05) is 12.1 Å². The van der Waals surface area contributed by atoms with E-state index < -0.39 is 0 Å². The Balaban J connectivity index is 1.76. The van der Waals surface area contributed by atoms with Gasteiger partial charge in [0.15, 0.2) is 11.0 Å². The van der Waals surface area contributed by atoms with Crippen molar-refractivity contribution in [2.45, 2.75) is 24.8 Å². The van der Waals surface area contributed by atoms with Gasteiger partial charge in [-0.15, -0.1) is 10.2 Å². The minimum Gasteiger partial charge on any atom is -0.270 e. The molecule has 0 N–H and O–H groups in total. The largest absolute Gasteiger partial charge is 0.270 e. The molecule has 0 aliphatic rings. The molecule has 4 rings (SSSR count). The van der Waals surface area contributed by atoms with Crippen LogP contribution in [0.4, 0.5) is 4.39 Å². The maximum atomic E-state index is 13.4. The first kappa shape index (κ1) is 18.4. The number of nitrogens with zero attached hydrogens (tertiary/aromatic N) is 3. The summed E-state index contributed by atoms with van der Waals surface area (Å²) in [4.78, 5) is 0. The van der Waals surface area contributed by atoms with Gasteiger partial charge in [0.1, 0.15) is 5.82 Å². The van der Waals surface area contributed by atoms with Gasteiger partial charge in [-0.3, -0.25) is 4.57 Å². The normalized spacial score (nSPS) is 11.0. The summed E-state index contributed by atoms with van der Waals surface area (Å²) >= 11 is 1.65. The molecule has 1 heterocycles. The fourth-order valence-electron chi connectivity index (χ4n) is 3.13. The van der Waals surface area contributed by atoms with Gasteiger partial charge in [-0.05, 0) is 55.3 Å². The van der Waals surface area contributed by atoms with E-state index in [9.17, 15) is 4.39 Å². The number of rotatable bonds is 5. The van der Waals surface area contributed by atoms with Crippen LogP contribution in [0.2, 0.25) is 0 Å². The van der Waals surface area contributed by atoms with Crippen LogP contribution in [-0.4, -0.2) is 14.8 Å². The SMILES string of the molecule is Cc1cccc(CSc2nnc(-c3ccc(F)cc3)n2-c2ccccc2C)c1. The van der Waals surface area contributed by atoms with Crippen LogP contribution < -0.4 is 0 Å². The molecule has 3 nitrogen and oxygen atoms in total. The van der Waals surface area contributed by atoms with Crippen LogP contribution >= 0.6 is 11.8 Å². The van der Waals surface area contributed by atoms with Gasteiger partial charge in [0.25, 0.3) is 0 Å². The summed E-state index contributed by atoms with van der Waals surface area (Å²) in [6, 6.07) is 23.0. The van der Waals surface area contributed by atoms with Crippen molar-refractivity contribution in [1.29, 1.82) is 0 Å². The van der Waals surface area contributed by atoms with Crippen molar-refractivity contribution in [3.05, 3.63) is 95.3 Å². The van der Waals surface area contributed by atoms with E-state index in [-0.39, 0.29) is 5.82 Å². The molecule has 4 aromatic rings. The third-order valence-electron chi connectivity index (χ3n) is 4.54. The lowest BCUT2D eigenvalue weighted by Gasteiger charge is -2.13. The Bertz CT molecular complexity index is 1100. The topological polar surface area (TPSA) is 30.7 Å². The first-order valence-electron chi connectivity index (χ1n) is 9.07. The average molecular weight is 389 g/mol. The van der Waals surface area contributed by atoms with Crippen LogP contribution in [0.25, 0.3) is 17.1 Å². The Morgan fingerprint density at radius 2 is 1.68 bits per heavy atom. The van der Waals surface area contributed by atoms with Crippen LogP contribution in [0.5, 0.6) is 0 Å². The van der Waals surface area contributed by atoms with Crippen molar-refractivity contribution in [2.75, 3.05) is 0 Å². The Morgan fingerprint density at radius 1 is 0.893 bits per heavy atom. The van der Waals surface area contributed by atoms with Crippen LogP contribution in [0, 0.1) is 19.7 Å². The molecule has 0 aliphatic heterocycles. The summed E-state index contributed by atoms with van der Waals surface area (Å²) in [5, 5.41) is 9.70. The molecule has 1 aromatic heterocycles. The van der Waals surface area contributed by atoms with E-state index in [0.29, 0.717) is 5.82 Å². The first-order valence-corrected chi connectivity index (χ1v) is 10.1. The zero-order valence-corrected chi connectivity index (χ0v) is 16.6. The molecule has 0 radical (unpaired) electrons. The number of halogens is 1. The fraction of sp³-hybridized carbons (Fsp3) is 0.130. The van der Waals surface area contributed by atoms with Crippen molar-refractivity contribution < 1.29 is 4.39 Å². The molecule has 0 fully saturated rings. The highest BCUT2D eigenvalue weighted by Gasteiger charge is 2.17. The molecule has 3 aromatic carbocycles. The summed E-state index contributed by atoms with van der Waals surface area (Å²) in [5.41, 5.74) is 5.47.